The van der Waals surface area contributed by atoms with Crippen molar-refractivity contribution in [3.63, 3.8) is 0 Å². The molecule has 0 saturated heterocycles. The quantitative estimate of drug-likeness (QED) is 0.330. The lowest BCUT2D eigenvalue weighted by Crippen LogP contribution is -2.13. The fourth-order valence-corrected chi connectivity index (χ4v) is 3.05. The second-order valence-electron chi connectivity index (χ2n) is 6.36. The number of carboxylic acids is 1. The van der Waals surface area contributed by atoms with Crippen molar-refractivity contribution in [3.05, 3.63) is 64.7 Å². The molecule has 2 rings (SSSR count). The number of carbonyl (C=O) groups is 2. The first-order chi connectivity index (χ1) is 13.5. The lowest BCUT2D eigenvalue weighted by Gasteiger charge is -2.04. The van der Waals surface area contributed by atoms with E-state index in [1.165, 1.54) is 5.57 Å². The SMILES string of the molecule is CC(C)=CCCCC=C(C(=O)O)c1csc(NC(=O)OCc2ccccc2)n1. The van der Waals surface area contributed by atoms with Crippen LogP contribution in [0.25, 0.3) is 5.57 Å². The van der Waals surface area contributed by atoms with Gasteiger partial charge in [0, 0.05) is 5.38 Å². The summed E-state index contributed by atoms with van der Waals surface area (Å²) >= 11 is 1.16. The Balaban J connectivity index is 1.91. The van der Waals surface area contributed by atoms with E-state index in [4.69, 9.17) is 4.74 Å². The van der Waals surface area contributed by atoms with Crippen molar-refractivity contribution in [2.75, 3.05) is 5.32 Å². The smallest absolute Gasteiger partial charge is 0.413 e. The van der Waals surface area contributed by atoms with Crippen LogP contribution in [0.4, 0.5) is 9.93 Å². The Morgan fingerprint density at radius 1 is 1.18 bits per heavy atom. The van der Waals surface area contributed by atoms with Gasteiger partial charge < -0.3 is 9.84 Å². The molecule has 1 amide bonds. The minimum atomic E-state index is -1.04. The second kappa shape index (κ2) is 11.0. The van der Waals surface area contributed by atoms with Gasteiger partial charge in [-0.3, -0.25) is 5.32 Å². The van der Waals surface area contributed by atoms with Crippen molar-refractivity contribution in [2.24, 2.45) is 0 Å². The zero-order valence-electron chi connectivity index (χ0n) is 16.0. The first kappa shape index (κ1) is 21.4. The Morgan fingerprint density at radius 2 is 1.89 bits per heavy atom. The zero-order valence-corrected chi connectivity index (χ0v) is 16.8. The highest BCUT2D eigenvalue weighted by atomic mass is 32.1. The number of carbonyl (C=O) groups excluding carboxylic acids is 1. The third-order valence-corrected chi connectivity index (χ3v) is 4.50. The van der Waals surface area contributed by atoms with Gasteiger partial charge >= 0.3 is 12.1 Å². The number of aliphatic carboxylic acids is 1. The minimum absolute atomic E-state index is 0.138. The monoisotopic (exact) mass is 400 g/mol. The van der Waals surface area contributed by atoms with Gasteiger partial charge in [-0.25, -0.2) is 14.6 Å². The Bertz CT molecular complexity index is 852. The molecular weight excluding hydrogens is 376 g/mol. The van der Waals surface area contributed by atoms with E-state index >= 15 is 0 Å². The predicted molar refractivity (Wildman–Crippen MR) is 111 cm³/mol. The van der Waals surface area contributed by atoms with E-state index in [-0.39, 0.29) is 12.2 Å². The van der Waals surface area contributed by atoms with E-state index in [1.54, 1.807) is 11.5 Å². The van der Waals surface area contributed by atoms with Crippen molar-refractivity contribution < 1.29 is 19.4 Å². The molecule has 0 spiro atoms. The fraction of sp³-hybridized carbons (Fsp3) is 0.286. The number of nitrogens with zero attached hydrogens (tertiary/aromatic N) is 1. The third kappa shape index (κ3) is 7.36. The van der Waals surface area contributed by atoms with Crippen molar-refractivity contribution in [3.8, 4) is 0 Å². The fourth-order valence-electron chi connectivity index (χ4n) is 2.36. The number of hydrogen-bond donors (Lipinski definition) is 2. The Hall–Kier alpha value is -2.93. The summed E-state index contributed by atoms with van der Waals surface area (Å²) in [4.78, 5) is 27.6. The molecule has 1 aromatic carbocycles. The molecule has 0 unspecified atom stereocenters. The number of unbranched alkanes of at least 4 members (excludes halogenated alkanes) is 2. The lowest BCUT2D eigenvalue weighted by molar-refractivity contribution is -0.130. The number of amides is 1. The van der Waals surface area contributed by atoms with Crippen LogP contribution in [-0.2, 0) is 16.1 Å². The standard InChI is InChI=1S/C21H24N2O4S/c1-15(2)9-5-3-8-12-17(19(24)25)18-14-28-20(22-18)23-21(26)27-13-16-10-6-4-7-11-16/h4,6-7,9-12,14H,3,5,8,13H2,1-2H3,(H,24,25)(H,22,23,26). The normalized spacial score (nSPS) is 11.0. The molecule has 0 saturated carbocycles. The van der Waals surface area contributed by atoms with Gasteiger partial charge in [-0.15, -0.1) is 11.3 Å². The Morgan fingerprint density at radius 3 is 2.57 bits per heavy atom. The van der Waals surface area contributed by atoms with Gasteiger partial charge in [-0.2, -0.15) is 0 Å². The molecule has 0 fully saturated rings. The van der Waals surface area contributed by atoms with E-state index in [1.807, 2.05) is 44.2 Å². The lowest BCUT2D eigenvalue weighted by atomic mass is 10.1. The van der Waals surface area contributed by atoms with Crippen LogP contribution < -0.4 is 5.32 Å². The maximum absolute atomic E-state index is 11.9. The van der Waals surface area contributed by atoms with Crippen molar-refractivity contribution >= 4 is 34.1 Å². The molecule has 28 heavy (non-hydrogen) atoms. The van der Waals surface area contributed by atoms with Crippen LogP contribution in [0.5, 0.6) is 0 Å². The van der Waals surface area contributed by atoms with Crippen LogP contribution in [-0.4, -0.2) is 22.2 Å². The van der Waals surface area contributed by atoms with Crippen molar-refractivity contribution in [2.45, 2.75) is 39.7 Å². The molecule has 0 radical (unpaired) electrons. The maximum Gasteiger partial charge on any atom is 0.413 e. The molecule has 0 aliphatic carbocycles. The topological polar surface area (TPSA) is 88.5 Å². The number of nitrogens with one attached hydrogen (secondary N) is 1. The number of anilines is 1. The predicted octanol–water partition coefficient (Wildman–Crippen LogP) is 5.50. The number of carboxylic acid groups (broad SMARTS) is 1. The summed E-state index contributed by atoms with van der Waals surface area (Å²) in [5.41, 5.74) is 2.59. The Labute approximate surface area is 168 Å². The van der Waals surface area contributed by atoms with Gasteiger partial charge in [-0.1, -0.05) is 48.1 Å². The van der Waals surface area contributed by atoms with Crippen LogP contribution in [0.15, 0.2) is 53.4 Å². The molecule has 6 nitrogen and oxygen atoms in total. The highest BCUT2D eigenvalue weighted by Crippen LogP contribution is 2.23. The zero-order chi connectivity index (χ0) is 20.4. The molecule has 2 N–H and O–H groups in total. The van der Waals surface area contributed by atoms with Gasteiger partial charge in [0.05, 0.1) is 11.3 Å². The van der Waals surface area contributed by atoms with Gasteiger partial charge in [0.1, 0.15) is 6.61 Å². The number of benzene rings is 1. The number of ether oxygens (including phenoxy) is 1. The average molecular weight is 401 g/mol. The molecule has 7 heteroatoms. The number of thiazole rings is 1. The van der Waals surface area contributed by atoms with E-state index in [2.05, 4.69) is 16.4 Å². The molecule has 148 valence electrons. The second-order valence-corrected chi connectivity index (χ2v) is 7.22. The summed E-state index contributed by atoms with van der Waals surface area (Å²) in [6.45, 7) is 4.22. The van der Waals surface area contributed by atoms with E-state index < -0.39 is 12.1 Å². The van der Waals surface area contributed by atoms with Crippen molar-refractivity contribution in [1.29, 1.82) is 0 Å². The maximum atomic E-state index is 11.9. The summed E-state index contributed by atoms with van der Waals surface area (Å²) < 4.78 is 5.14. The molecular formula is C21H24N2O4S. The van der Waals surface area contributed by atoms with E-state index in [9.17, 15) is 14.7 Å². The van der Waals surface area contributed by atoms with E-state index in [0.717, 1.165) is 29.7 Å². The summed E-state index contributed by atoms with van der Waals surface area (Å²) in [5.74, 6) is -1.04. The van der Waals surface area contributed by atoms with Crippen LogP contribution >= 0.6 is 11.3 Å². The highest BCUT2D eigenvalue weighted by molar-refractivity contribution is 7.14. The van der Waals surface area contributed by atoms with Gasteiger partial charge in [0.2, 0.25) is 0 Å². The Kier molecular flexibility index (Phi) is 8.42. The van der Waals surface area contributed by atoms with Crippen LogP contribution in [0, 0.1) is 0 Å². The number of allylic oxidation sites excluding steroid dienone is 3. The summed E-state index contributed by atoms with van der Waals surface area (Å²) in [6.07, 6.45) is 5.58. The molecule has 1 heterocycles. The molecule has 2 aromatic rings. The third-order valence-electron chi connectivity index (χ3n) is 3.74. The summed E-state index contributed by atoms with van der Waals surface area (Å²) in [6, 6.07) is 9.33. The molecule has 0 atom stereocenters. The summed E-state index contributed by atoms with van der Waals surface area (Å²) in [5, 5.41) is 13.9. The van der Waals surface area contributed by atoms with Gasteiger partial charge in [0.25, 0.3) is 0 Å². The van der Waals surface area contributed by atoms with E-state index in [0.29, 0.717) is 17.2 Å². The average Bonchev–Trinajstić information content (AvgIpc) is 3.11. The number of hydrogen-bond acceptors (Lipinski definition) is 5. The molecule has 0 aliphatic heterocycles. The largest absolute Gasteiger partial charge is 0.478 e. The minimum Gasteiger partial charge on any atom is -0.478 e. The molecule has 1 aromatic heterocycles. The van der Waals surface area contributed by atoms with Crippen LogP contribution in [0.2, 0.25) is 0 Å². The van der Waals surface area contributed by atoms with Crippen LogP contribution in [0.3, 0.4) is 0 Å². The summed E-state index contributed by atoms with van der Waals surface area (Å²) in [7, 11) is 0. The highest BCUT2D eigenvalue weighted by Gasteiger charge is 2.15. The first-order valence-corrected chi connectivity index (χ1v) is 9.84. The molecule has 0 bridgehead atoms. The van der Waals surface area contributed by atoms with Gasteiger partial charge in [-0.05, 0) is 38.7 Å². The number of rotatable bonds is 9. The van der Waals surface area contributed by atoms with Crippen LogP contribution in [0.1, 0.15) is 44.4 Å². The van der Waals surface area contributed by atoms with Gasteiger partial charge in [0.15, 0.2) is 5.13 Å². The first-order valence-electron chi connectivity index (χ1n) is 8.96. The van der Waals surface area contributed by atoms with Crippen molar-refractivity contribution in [1.82, 2.24) is 4.98 Å². The number of aromatic nitrogens is 1. The molecule has 0 aliphatic rings.